The third kappa shape index (κ3) is 3.80. The van der Waals surface area contributed by atoms with Crippen LogP contribution in [0.3, 0.4) is 0 Å². The van der Waals surface area contributed by atoms with E-state index in [4.69, 9.17) is 16.3 Å². The van der Waals surface area contributed by atoms with Gasteiger partial charge in [0.15, 0.2) is 11.6 Å². The molecule has 0 radical (unpaired) electrons. The van der Waals surface area contributed by atoms with E-state index >= 15 is 0 Å². The topological polar surface area (TPSA) is 58.6 Å². The van der Waals surface area contributed by atoms with Gasteiger partial charge in [-0.3, -0.25) is 9.59 Å². The van der Waals surface area contributed by atoms with Crippen molar-refractivity contribution in [2.75, 3.05) is 25.5 Å². The number of ether oxygens (including phenoxy) is 1. The van der Waals surface area contributed by atoms with Crippen LogP contribution in [0.4, 0.5) is 10.1 Å². The molecule has 0 bridgehead atoms. The van der Waals surface area contributed by atoms with Gasteiger partial charge in [-0.15, -0.1) is 0 Å². The molecule has 7 heteroatoms. The van der Waals surface area contributed by atoms with Gasteiger partial charge < -0.3 is 15.0 Å². The number of anilines is 1. The second-order valence-electron chi connectivity index (χ2n) is 5.99. The lowest BCUT2D eigenvalue weighted by atomic mass is 10.1. The van der Waals surface area contributed by atoms with Gasteiger partial charge >= 0.3 is 0 Å². The van der Waals surface area contributed by atoms with Crippen LogP contribution in [0, 0.1) is 5.82 Å². The lowest BCUT2D eigenvalue weighted by molar-refractivity contribution is 0.0794. The number of halogens is 2. The van der Waals surface area contributed by atoms with Crippen LogP contribution in [0.1, 0.15) is 33.6 Å². The molecule has 26 heavy (non-hydrogen) atoms. The fourth-order valence-electron chi connectivity index (χ4n) is 2.90. The van der Waals surface area contributed by atoms with Crippen molar-refractivity contribution in [2.24, 2.45) is 0 Å². The van der Waals surface area contributed by atoms with Crippen molar-refractivity contribution in [3.8, 4) is 5.75 Å². The lowest BCUT2D eigenvalue weighted by Gasteiger charge is -2.18. The lowest BCUT2D eigenvalue weighted by Crippen LogP contribution is -2.28. The molecule has 3 rings (SSSR count). The van der Waals surface area contributed by atoms with Crippen molar-refractivity contribution in [3.05, 3.63) is 58.4 Å². The number of rotatable bonds is 4. The normalized spacial score (nSPS) is 13.6. The van der Waals surface area contributed by atoms with Crippen LogP contribution >= 0.6 is 11.6 Å². The number of carbonyl (C=O) groups excluding carboxylic acids is 2. The van der Waals surface area contributed by atoms with Crippen LogP contribution in [0.2, 0.25) is 5.02 Å². The maximum Gasteiger partial charge on any atom is 0.256 e. The number of hydrogen-bond acceptors (Lipinski definition) is 3. The van der Waals surface area contributed by atoms with Crippen molar-refractivity contribution in [1.82, 2.24) is 4.90 Å². The van der Waals surface area contributed by atoms with Gasteiger partial charge in [-0.25, -0.2) is 4.39 Å². The first-order chi connectivity index (χ1) is 12.5. The molecule has 1 fully saturated rings. The fraction of sp³-hybridized carbons (Fsp3) is 0.263. The van der Waals surface area contributed by atoms with Crippen molar-refractivity contribution in [1.29, 1.82) is 0 Å². The summed E-state index contributed by atoms with van der Waals surface area (Å²) >= 11 is 6.03. The third-order valence-corrected chi connectivity index (χ3v) is 4.50. The van der Waals surface area contributed by atoms with Gasteiger partial charge in [-0.2, -0.15) is 0 Å². The highest BCUT2D eigenvalue weighted by Gasteiger charge is 2.23. The number of benzene rings is 2. The number of carbonyl (C=O) groups is 2. The molecule has 5 nitrogen and oxygen atoms in total. The monoisotopic (exact) mass is 376 g/mol. The second kappa shape index (κ2) is 7.74. The second-order valence-corrected chi connectivity index (χ2v) is 6.43. The summed E-state index contributed by atoms with van der Waals surface area (Å²) in [4.78, 5) is 26.9. The Morgan fingerprint density at radius 1 is 1.15 bits per heavy atom. The first kappa shape index (κ1) is 18.2. The molecule has 1 heterocycles. The van der Waals surface area contributed by atoms with Gasteiger partial charge in [0, 0.05) is 23.7 Å². The molecule has 0 spiro atoms. The minimum absolute atomic E-state index is 0.0537. The largest absolute Gasteiger partial charge is 0.494 e. The number of nitrogens with one attached hydrogen (secondary N) is 1. The van der Waals surface area contributed by atoms with Gasteiger partial charge in [0.2, 0.25) is 0 Å². The first-order valence-electron chi connectivity index (χ1n) is 8.23. The average molecular weight is 377 g/mol. The molecule has 0 aromatic heterocycles. The molecule has 136 valence electrons. The fourth-order valence-corrected chi connectivity index (χ4v) is 3.07. The van der Waals surface area contributed by atoms with E-state index in [2.05, 4.69) is 5.32 Å². The van der Waals surface area contributed by atoms with Gasteiger partial charge in [-0.05, 0) is 49.2 Å². The number of amides is 2. The van der Waals surface area contributed by atoms with E-state index in [1.165, 1.54) is 25.3 Å². The molecule has 2 amide bonds. The Labute approximate surface area is 155 Å². The molecule has 0 unspecified atom stereocenters. The van der Waals surface area contributed by atoms with Crippen LogP contribution in [0.5, 0.6) is 5.75 Å². The zero-order chi connectivity index (χ0) is 18.7. The Morgan fingerprint density at radius 2 is 1.88 bits per heavy atom. The number of methoxy groups -OCH3 is 1. The predicted octanol–water partition coefficient (Wildman–Crippen LogP) is 3.98. The molecule has 1 aliphatic rings. The van der Waals surface area contributed by atoms with Crippen molar-refractivity contribution >= 4 is 29.1 Å². The summed E-state index contributed by atoms with van der Waals surface area (Å²) in [6.45, 7) is 1.37. The van der Waals surface area contributed by atoms with E-state index in [9.17, 15) is 14.0 Å². The number of nitrogens with zero attached hydrogens (tertiary/aromatic N) is 1. The van der Waals surface area contributed by atoms with E-state index < -0.39 is 11.7 Å². The van der Waals surface area contributed by atoms with Gasteiger partial charge in [-0.1, -0.05) is 11.6 Å². The van der Waals surface area contributed by atoms with Crippen LogP contribution in [-0.4, -0.2) is 36.9 Å². The Morgan fingerprint density at radius 3 is 2.54 bits per heavy atom. The smallest absolute Gasteiger partial charge is 0.256 e. The minimum Gasteiger partial charge on any atom is -0.494 e. The van der Waals surface area contributed by atoms with Crippen molar-refractivity contribution < 1.29 is 18.7 Å². The molecule has 1 aliphatic heterocycles. The summed E-state index contributed by atoms with van der Waals surface area (Å²) in [7, 11) is 1.35. The summed E-state index contributed by atoms with van der Waals surface area (Å²) in [5, 5.41) is 3.07. The number of hydrogen-bond donors (Lipinski definition) is 1. The molecule has 0 atom stereocenters. The maximum atomic E-state index is 13.8. The molecule has 0 saturated carbocycles. The average Bonchev–Trinajstić information content (AvgIpc) is 3.17. The highest BCUT2D eigenvalue weighted by Crippen LogP contribution is 2.25. The Bertz CT molecular complexity index is 851. The standard InChI is InChI=1S/C19H18ClFN2O3/c1-26-17-7-4-12(10-15(17)21)18(24)22-16-6-5-13(20)11-14(16)19(25)23-8-2-3-9-23/h4-7,10-11H,2-3,8-9H2,1H3,(H,22,24). The molecule has 0 aliphatic carbocycles. The van der Waals surface area contributed by atoms with Gasteiger partial charge in [0.05, 0.1) is 18.4 Å². The van der Waals surface area contributed by atoms with E-state index in [1.54, 1.807) is 17.0 Å². The van der Waals surface area contributed by atoms with Gasteiger partial charge in [0.25, 0.3) is 11.8 Å². The zero-order valence-corrected chi connectivity index (χ0v) is 15.0. The quantitative estimate of drug-likeness (QED) is 0.878. The van der Waals surface area contributed by atoms with Crippen LogP contribution < -0.4 is 10.1 Å². The summed E-state index contributed by atoms with van der Waals surface area (Å²) in [5.74, 6) is -1.28. The van der Waals surface area contributed by atoms with E-state index in [1.807, 2.05) is 0 Å². The summed E-state index contributed by atoms with van der Waals surface area (Å²) < 4.78 is 18.7. The van der Waals surface area contributed by atoms with Gasteiger partial charge in [0.1, 0.15) is 0 Å². The molecular formula is C19H18ClFN2O3. The molecule has 1 saturated heterocycles. The Balaban J connectivity index is 1.86. The first-order valence-corrected chi connectivity index (χ1v) is 8.61. The summed E-state index contributed by atoms with van der Waals surface area (Å²) in [5.41, 5.74) is 0.784. The SMILES string of the molecule is COc1ccc(C(=O)Nc2ccc(Cl)cc2C(=O)N2CCCC2)cc1F. The zero-order valence-electron chi connectivity index (χ0n) is 14.2. The highest BCUT2D eigenvalue weighted by atomic mass is 35.5. The molecule has 2 aromatic carbocycles. The molecule has 1 N–H and O–H groups in total. The van der Waals surface area contributed by atoms with E-state index in [0.29, 0.717) is 29.4 Å². The van der Waals surface area contributed by atoms with Crippen molar-refractivity contribution in [3.63, 3.8) is 0 Å². The number of likely N-dealkylation sites (tertiary alicyclic amines) is 1. The van der Waals surface area contributed by atoms with E-state index in [-0.39, 0.29) is 17.2 Å². The van der Waals surface area contributed by atoms with Crippen molar-refractivity contribution in [2.45, 2.75) is 12.8 Å². The summed E-state index contributed by atoms with van der Waals surface area (Å²) in [6.07, 6.45) is 1.91. The highest BCUT2D eigenvalue weighted by molar-refractivity contribution is 6.31. The predicted molar refractivity (Wildman–Crippen MR) is 97.5 cm³/mol. The molecular weight excluding hydrogens is 359 g/mol. The van der Waals surface area contributed by atoms with Crippen LogP contribution in [-0.2, 0) is 0 Å². The third-order valence-electron chi connectivity index (χ3n) is 4.27. The Kier molecular flexibility index (Phi) is 5.42. The van der Waals surface area contributed by atoms with E-state index in [0.717, 1.165) is 18.9 Å². The minimum atomic E-state index is -0.635. The summed E-state index contributed by atoms with van der Waals surface area (Å²) in [6, 6.07) is 8.62. The maximum absolute atomic E-state index is 13.8. The van der Waals surface area contributed by atoms with Crippen LogP contribution in [0.15, 0.2) is 36.4 Å². The van der Waals surface area contributed by atoms with Crippen LogP contribution in [0.25, 0.3) is 0 Å². The Hall–Kier alpha value is -2.60. The molecule has 2 aromatic rings.